The quantitative estimate of drug-likeness (QED) is 0.924. The number of aliphatic carboxylic acids is 1. The van der Waals surface area contributed by atoms with E-state index in [1.54, 1.807) is 11.8 Å². The molecule has 1 saturated carbocycles. The van der Waals surface area contributed by atoms with E-state index in [0.29, 0.717) is 30.8 Å². The van der Waals surface area contributed by atoms with E-state index >= 15 is 0 Å². The first kappa shape index (κ1) is 16.1. The third-order valence-corrected chi connectivity index (χ3v) is 4.88. The Bertz CT molecular complexity index is 595. The highest BCUT2D eigenvalue weighted by Gasteiger charge is 2.40. The highest BCUT2D eigenvalue weighted by atomic mass is 16.5. The smallest absolute Gasteiger partial charge is 0.311 e. The molecule has 23 heavy (non-hydrogen) atoms. The minimum Gasteiger partial charge on any atom is -0.481 e. The number of nitrogens with zero attached hydrogens (tertiary/aromatic N) is 1. The van der Waals surface area contributed by atoms with Gasteiger partial charge in [0.1, 0.15) is 12.2 Å². The predicted molar refractivity (Wildman–Crippen MR) is 82.5 cm³/mol. The van der Waals surface area contributed by atoms with Crippen LogP contribution in [0.4, 0.5) is 0 Å². The van der Waals surface area contributed by atoms with E-state index in [1.165, 1.54) is 12.7 Å². The summed E-state index contributed by atoms with van der Waals surface area (Å²) in [5, 5.41) is 8.99. The van der Waals surface area contributed by atoms with E-state index in [1.807, 2.05) is 0 Å². The van der Waals surface area contributed by atoms with Gasteiger partial charge in [0.05, 0.1) is 30.6 Å². The summed E-state index contributed by atoms with van der Waals surface area (Å²) >= 11 is 0. The van der Waals surface area contributed by atoms with Crippen molar-refractivity contribution in [1.29, 1.82) is 0 Å². The van der Waals surface area contributed by atoms with Crippen LogP contribution >= 0.6 is 0 Å². The van der Waals surface area contributed by atoms with Crippen molar-refractivity contribution >= 4 is 11.9 Å². The number of carbonyl (C=O) groups excluding carboxylic acids is 1. The maximum absolute atomic E-state index is 12.9. The first-order valence-electron chi connectivity index (χ1n) is 8.23. The maximum atomic E-state index is 12.9. The zero-order valence-corrected chi connectivity index (χ0v) is 13.5. The Morgan fingerprint density at radius 3 is 2.74 bits per heavy atom. The molecule has 1 saturated heterocycles. The summed E-state index contributed by atoms with van der Waals surface area (Å²) < 4.78 is 11.3. The second kappa shape index (κ2) is 6.35. The van der Waals surface area contributed by atoms with E-state index in [9.17, 15) is 9.59 Å². The van der Waals surface area contributed by atoms with Crippen LogP contribution in [0.15, 0.2) is 10.7 Å². The van der Waals surface area contributed by atoms with Crippen LogP contribution in [-0.4, -0.2) is 47.2 Å². The number of hydrogen-bond acceptors (Lipinski definition) is 4. The number of carboxylic acids is 1. The zero-order chi connectivity index (χ0) is 16.4. The van der Waals surface area contributed by atoms with Crippen LogP contribution in [0.2, 0.25) is 0 Å². The monoisotopic (exact) mass is 321 g/mol. The molecule has 1 spiro atoms. The SMILES string of the molecule is Cc1coc(CC(=O)O)c1C(=O)N1CCOC2(CCCCC2)C1. The third kappa shape index (κ3) is 3.27. The van der Waals surface area contributed by atoms with Gasteiger partial charge in [-0.15, -0.1) is 0 Å². The van der Waals surface area contributed by atoms with Gasteiger partial charge in [0.2, 0.25) is 0 Å². The standard InChI is InChI=1S/C17H23NO5/c1-12-10-22-13(9-14(19)20)15(12)16(21)18-7-8-23-17(11-18)5-3-2-4-6-17/h10H,2-9,11H2,1H3,(H,19,20). The minimum atomic E-state index is -1.00. The molecular weight excluding hydrogens is 298 g/mol. The average molecular weight is 321 g/mol. The lowest BCUT2D eigenvalue weighted by Gasteiger charge is -2.45. The molecule has 1 aromatic heterocycles. The van der Waals surface area contributed by atoms with Crippen LogP contribution in [0.25, 0.3) is 0 Å². The molecular formula is C17H23NO5. The van der Waals surface area contributed by atoms with Crippen molar-refractivity contribution in [3.05, 3.63) is 23.2 Å². The van der Waals surface area contributed by atoms with Crippen LogP contribution in [0, 0.1) is 6.92 Å². The highest BCUT2D eigenvalue weighted by molar-refractivity contribution is 5.97. The van der Waals surface area contributed by atoms with Crippen LogP contribution in [-0.2, 0) is 16.0 Å². The topological polar surface area (TPSA) is 80.0 Å². The summed E-state index contributed by atoms with van der Waals surface area (Å²) in [6.45, 7) is 3.44. The lowest BCUT2D eigenvalue weighted by Crippen LogP contribution is -2.54. The largest absolute Gasteiger partial charge is 0.481 e. The Labute approximate surface area is 135 Å². The fourth-order valence-electron chi connectivity index (χ4n) is 3.73. The molecule has 1 N–H and O–H groups in total. The molecule has 6 nitrogen and oxygen atoms in total. The van der Waals surface area contributed by atoms with Gasteiger partial charge in [-0.25, -0.2) is 0 Å². The van der Waals surface area contributed by atoms with Gasteiger partial charge in [0, 0.05) is 12.1 Å². The third-order valence-electron chi connectivity index (χ3n) is 4.88. The van der Waals surface area contributed by atoms with Crippen LogP contribution < -0.4 is 0 Å². The highest BCUT2D eigenvalue weighted by Crippen LogP contribution is 2.35. The van der Waals surface area contributed by atoms with E-state index in [2.05, 4.69) is 0 Å². The number of carbonyl (C=O) groups is 2. The lowest BCUT2D eigenvalue weighted by atomic mass is 9.83. The Hall–Kier alpha value is -1.82. The van der Waals surface area contributed by atoms with Gasteiger partial charge >= 0.3 is 5.97 Å². The molecule has 2 aliphatic rings. The molecule has 3 rings (SSSR count). The van der Waals surface area contributed by atoms with E-state index in [0.717, 1.165) is 25.7 Å². The van der Waals surface area contributed by atoms with Crippen molar-refractivity contribution in [2.75, 3.05) is 19.7 Å². The van der Waals surface area contributed by atoms with E-state index < -0.39 is 5.97 Å². The molecule has 1 aliphatic heterocycles. The number of aryl methyl sites for hydroxylation is 1. The van der Waals surface area contributed by atoms with Crippen molar-refractivity contribution < 1.29 is 23.8 Å². The summed E-state index contributed by atoms with van der Waals surface area (Å²) in [6.07, 6.45) is 6.66. The Balaban J connectivity index is 1.80. The van der Waals surface area contributed by atoms with Crippen molar-refractivity contribution in [2.24, 2.45) is 0 Å². The van der Waals surface area contributed by atoms with Crippen molar-refractivity contribution in [3.63, 3.8) is 0 Å². The van der Waals surface area contributed by atoms with E-state index in [4.69, 9.17) is 14.3 Å². The first-order valence-corrected chi connectivity index (χ1v) is 8.23. The number of ether oxygens (including phenoxy) is 1. The summed E-state index contributed by atoms with van der Waals surface area (Å²) in [5.74, 6) is -0.899. The summed E-state index contributed by atoms with van der Waals surface area (Å²) in [5.41, 5.74) is 0.882. The number of carboxylic acid groups (broad SMARTS) is 1. The van der Waals surface area contributed by atoms with Gasteiger partial charge in [0.15, 0.2) is 0 Å². The second-order valence-electron chi connectivity index (χ2n) is 6.61. The summed E-state index contributed by atoms with van der Waals surface area (Å²) in [4.78, 5) is 25.7. The second-order valence-corrected chi connectivity index (χ2v) is 6.61. The molecule has 1 amide bonds. The van der Waals surface area contributed by atoms with Crippen LogP contribution in [0.1, 0.15) is 53.8 Å². The average Bonchev–Trinajstić information content (AvgIpc) is 2.87. The minimum absolute atomic E-state index is 0.138. The molecule has 0 radical (unpaired) electrons. The fourth-order valence-corrected chi connectivity index (χ4v) is 3.73. The molecule has 6 heteroatoms. The fraction of sp³-hybridized carbons (Fsp3) is 0.647. The molecule has 2 fully saturated rings. The number of rotatable bonds is 3. The Kier molecular flexibility index (Phi) is 4.43. The lowest BCUT2D eigenvalue weighted by molar-refractivity contribution is -0.136. The maximum Gasteiger partial charge on any atom is 0.311 e. The predicted octanol–water partition coefficient (Wildman–Crippen LogP) is 2.39. The number of hydrogen-bond donors (Lipinski definition) is 1. The van der Waals surface area contributed by atoms with Gasteiger partial charge in [0.25, 0.3) is 5.91 Å². The molecule has 0 aromatic carbocycles. The van der Waals surface area contributed by atoms with Crippen molar-refractivity contribution in [1.82, 2.24) is 4.90 Å². The van der Waals surface area contributed by atoms with Gasteiger partial charge in [-0.05, 0) is 19.8 Å². The molecule has 0 atom stereocenters. The molecule has 1 aromatic rings. The Morgan fingerprint density at radius 2 is 2.04 bits per heavy atom. The molecule has 2 heterocycles. The van der Waals surface area contributed by atoms with Crippen molar-refractivity contribution in [3.8, 4) is 0 Å². The molecule has 0 unspecified atom stereocenters. The zero-order valence-electron chi connectivity index (χ0n) is 13.5. The number of morpholine rings is 1. The van der Waals surface area contributed by atoms with Crippen molar-refractivity contribution in [2.45, 2.75) is 51.0 Å². The van der Waals surface area contributed by atoms with Gasteiger partial charge in [-0.3, -0.25) is 9.59 Å². The summed E-state index contributed by atoms with van der Waals surface area (Å²) in [7, 11) is 0. The first-order chi connectivity index (χ1) is 11.0. The van der Waals surface area contributed by atoms with Gasteiger partial charge in [-0.1, -0.05) is 19.3 Å². The molecule has 126 valence electrons. The number of furan rings is 1. The normalized spacial score (nSPS) is 20.7. The van der Waals surface area contributed by atoms with Crippen LogP contribution in [0.3, 0.4) is 0 Å². The van der Waals surface area contributed by atoms with Gasteiger partial charge in [-0.2, -0.15) is 0 Å². The summed E-state index contributed by atoms with van der Waals surface area (Å²) in [6, 6.07) is 0. The van der Waals surface area contributed by atoms with Gasteiger partial charge < -0.3 is 19.2 Å². The Morgan fingerprint density at radius 1 is 1.30 bits per heavy atom. The van der Waals surface area contributed by atoms with Crippen LogP contribution in [0.5, 0.6) is 0 Å². The molecule has 0 bridgehead atoms. The van der Waals surface area contributed by atoms with E-state index in [-0.39, 0.29) is 23.7 Å². The molecule has 1 aliphatic carbocycles. The number of amides is 1.